The molecule has 0 unspecified atom stereocenters. The fourth-order valence-electron chi connectivity index (χ4n) is 2.46. The second-order valence-corrected chi connectivity index (χ2v) is 8.31. The largest absolute Gasteiger partial charge is 0.398 e. The van der Waals surface area contributed by atoms with Crippen molar-refractivity contribution in [1.82, 2.24) is 0 Å². The lowest BCUT2D eigenvalue weighted by molar-refractivity contribution is 0.478. The molecule has 0 aromatic heterocycles. The van der Waals surface area contributed by atoms with Crippen LogP contribution in [0.3, 0.4) is 0 Å². The number of fused-ring (bicyclic) bond motifs is 1. The molecule has 3 aromatic rings. The molecular weight excluding hydrogens is 394 g/mol. The van der Waals surface area contributed by atoms with Crippen LogP contribution in [0.15, 0.2) is 74.6 Å². The number of rotatable bonds is 4. The van der Waals surface area contributed by atoms with Gasteiger partial charge < -0.3 is 5.73 Å². The second-order valence-electron chi connectivity index (χ2n) is 5.50. The number of azo groups is 1. The van der Waals surface area contributed by atoms with E-state index in [-0.39, 0.29) is 0 Å². The Morgan fingerprint density at radius 2 is 1.37 bits per heavy atom. The van der Waals surface area contributed by atoms with Gasteiger partial charge in [0.2, 0.25) is 0 Å². The molecule has 0 aliphatic rings. The molecule has 0 saturated heterocycles. The van der Waals surface area contributed by atoms with Crippen LogP contribution in [0.5, 0.6) is 0 Å². The first kappa shape index (κ1) is 18.9. The van der Waals surface area contributed by atoms with Crippen molar-refractivity contribution in [3.63, 3.8) is 0 Å². The summed E-state index contributed by atoms with van der Waals surface area (Å²) in [6, 6.07) is 12.6. The molecule has 0 radical (unpaired) electrons. The van der Waals surface area contributed by atoms with E-state index in [0.717, 1.165) is 18.2 Å². The van der Waals surface area contributed by atoms with E-state index in [4.69, 9.17) is 10.3 Å². The van der Waals surface area contributed by atoms with E-state index in [1.165, 1.54) is 0 Å². The van der Waals surface area contributed by atoms with Gasteiger partial charge in [0.15, 0.2) is 0 Å². The maximum absolute atomic E-state index is 11.5. The van der Waals surface area contributed by atoms with E-state index in [9.17, 15) is 21.4 Å². The van der Waals surface area contributed by atoms with Gasteiger partial charge in [-0.3, -0.25) is 9.11 Å². The van der Waals surface area contributed by atoms with Crippen LogP contribution in [0.4, 0.5) is 17.1 Å². The first-order chi connectivity index (χ1) is 12.6. The molecule has 3 rings (SSSR count). The van der Waals surface area contributed by atoms with E-state index in [1.54, 1.807) is 36.4 Å². The Labute approximate surface area is 154 Å². The molecule has 11 heteroatoms. The van der Waals surface area contributed by atoms with Crippen molar-refractivity contribution in [2.24, 2.45) is 10.2 Å². The maximum atomic E-state index is 11.5. The van der Waals surface area contributed by atoms with Gasteiger partial charge in [0.05, 0.1) is 10.6 Å². The standard InChI is InChI=1S/C16H13N3O6S2/c17-13-6-7-14(12-4-2-1-3-11(12)13)18-19-15-9-10(26(20,21)22)5-8-16(15)27(23,24)25/h1-9H,17H2,(H,20,21,22)(H,23,24,25)/b19-18+. The summed E-state index contributed by atoms with van der Waals surface area (Å²) in [7, 11) is -9.30. The summed E-state index contributed by atoms with van der Waals surface area (Å²) in [4.78, 5) is -1.25. The first-order valence-electron chi connectivity index (χ1n) is 7.35. The number of hydrogen-bond acceptors (Lipinski definition) is 7. The third-order valence-corrected chi connectivity index (χ3v) is 5.46. The van der Waals surface area contributed by atoms with E-state index in [2.05, 4.69) is 10.2 Å². The summed E-state index contributed by atoms with van der Waals surface area (Å²) in [5, 5.41) is 9.07. The molecule has 0 spiro atoms. The Kier molecular flexibility index (Phi) is 4.70. The van der Waals surface area contributed by atoms with Gasteiger partial charge in [-0.25, -0.2) is 0 Å². The predicted octanol–water partition coefficient (Wildman–Crippen LogP) is 3.33. The lowest BCUT2D eigenvalue weighted by atomic mass is 10.1. The Bertz CT molecular complexity index is 1280. The quantitative estimate of drug-likeness (QED) is 0.339. The number of nitrogens with two attached hydrogens (primary N) is 1. The molecule has 0 fully saturated rings. The monoisotopic (exact) mass is 407 g/mol. The van der Waals surface area contributed by atoms with Crippen LogP contribution >= 0.6 is 0 Å². The van der Waals surface area contributed by atoms with Gasteiger partial charge in [-0.1, -0.05) is 24.3 Å². The van der Waals surface area contributed by atoms with E-state index < -0.39 is 35.7 Å². The lowest BCUT2D eigenvalue weighted by Crippen LogP contribution is -2.02. The zero-order valence-electron chi connectivity index (χ0n) is 13.5. The van der Waals surface area contributed by atoms with Crippen molar-refractivity contribution in [3.8, 4) is 0 Å². The van der Waals surface area contributed by atoms with Gasteiger partial charge in [0.25, 0.3) is 20.2 Å². The molecule has 0 atom stereocenters. The van der Waals surface area contributed by atoms with Gasteiger partial charge in [-0.2, -0.15) is 16.8 Å². The summed E-state index contributed by atoms with van der Waals surface area (Å²) in [5.74, 6) is 0. The summed E-state index contributed by atoms with van der Waals surface area (Å²) in [5.41, 5.74) is 6.31. The van der Waals surface area contributed by atoms with Crippen molar-refractivity contribution >= 4 is 48.1 Å². The zero-order valence-corrected chi connectivity index (χ0v) is 15.1. The second kappa shape index (κ2) is 6.70. The molecule has 4 N–H and O–H groups in total. The number of nitrogen functional groups attached to an aromatic ring is 1. The van der Waals surface area contributed by atoms with Crippen LogP contribution in [0.2, 0.25) is 0 Å². The molecule has 3 aromatic carbocycles. The number of hydrogen-bond donors (Lipinski definition) is 3. The highest BCUT2D eigenvalue weighted by molar-refractivity contribution is 7.86. The number of benzene rings is 3. The van der Waals surface area contributed by atoms with Gasteiger partial charge >= 0.3 is 0 Å². The highest BCUT2D eigenvalue weighted by atomic mass is 32.2. The molecule has 0 bridgehead atoms. The molecule has 0 saturated carbocycles. The van der Waals surface area contributed by atoms with Crippen molar-refractivity contribution in [3.05, 3.63) is 54.6 Å². The highest BCUT2D eigenvalue weighted by Gasteiger charge is 2.20. The van der Waals surface area contributed by atoms with E-state index in [1.807, 2.05) is 0 Å². The van der Waals surface area contributed by atoms with Gasteiger partial charge in [-0.15, -0.1) is 10.2 Å². The molecule has 0 aliphatic carbocycles. The molecule has 27 heavy (non-hydrogen) atoms. The normalized spacial score (nSPS) is 12.7. The topological polar surface area (TPSA) is 159 Å². The average molecular weight is 407 g/mol. The minimum atomic E-state index is -4.70. The molecule has 0 amide bonds. The minimum absolute atomic E-state index is 0.346. The summed E-state index contributed by atoms with van der Waals surface area (Å²) >= 11 is 0. The van der Waals surface area contributed by atoms with Crippen molar-refractivity contribution < 1.29 is 25.9 Å². The fourth-order valence-corrected chi connectivity index (χ4v) is 3.56. The predicted molar refractivity (Wildman–Crippen MR) is 98.6 cm³/mol. The van der Waals surface area contributed by atoms with E-state index in [0.29, 0.717) is 22.1 Å². The van der Waals surface area contributed by atoms with Crippen LogP contribution in [0, 0.1) is 0 Å². The van der Waals surface area contributed by atoms with Crippen LogP contribution in [0.1, 0.15) is 0 Å². The van der Waals surface area contributed by atoms with Gasteiger partial charge in [0, 0.05) is 16.5 Å². The third-order valence-electron chi connectivity index (χ3n) is 3.71. The van der Waals surface area contributed by atoms with Crippen LogP contribution in [-0.2, 0) is 20.2 Å². The maximum Gasteiger partial charge on any atom is 0.296 e. The first-order valence-corrected chi connectivity index (χ1v) is 10.2. The smallest absolute Gasteiger partial charge is 0.296 e. The number of nitrogens with zero attached hydrogens (tertiary/aromatic N) is 2. The van der Waals surface area contributed by atoms with Crippen LogP contribution < -0.4 is 5.73 Å². The summed E-state index contributed by atoms with van der Waals surface area (Å²) in [6.07, 6.45) is 0. The SMILES string of the molecule is Nc1ccc(/N=N/c2cc(S(=O)(=O)O)ccc2S(=O)(=O)O)c2ccccc12. The molecule has 9 nitrogen and oxygen atoms in total. The van der Waals surface area contributed by atoms with Crippen molar-refractivity contribution in [1.29, 1.82) is 0 Å². The molecule has 140 valence electrons. The third kappa shape index (κ3) is 3.95. The molecule has 0 aliphatic heterocycles. The summed E-state index contributed by atoms with van der Waals surface area (Å²) < 4.78 is 64.0. The highest BCUT2D eigenvalue weighted by Crippen LogP contribution is 2.33. The summed E-state index contributed by atoms with van der Waals surface area (Å²) in [6.45, 7) is 0. The van der Waals surface area contributed by atoms with Crippen LogP contribution in [0.25, 0.3) is 10.8 Å². The van der Waals surface area contributed by atoms with Crippen molar-refractivity contribution in [2.75, 3.05) is 5.73 Å². The molecule has 0 heterocycles. The molecular formula is C16H13N3O6S2. The van der Waals surface area contributed by atoms with E-state index >= 15 is 0 Å². The zero-order chi connectivity index (χ0) is 19.8. The van der Waals surface area contributed by atoms with Crippen LogP contribution in [-0.4, -0.2) is 25.9 Å². The Morgan fingerprint density at radius 1 is 0.741 bits per heavy atom. The lowest BCUT2D eigenvalue weighted by Gasteiger charge is -2.06. The Hall–Kier alpha value is -2.86. The minimum Gasteiger partial charge on any atom is -0.398 e. The van der Waals surface area contributed by atoms with Gasteiger partial charge in [-0.05, 0) is 30.3 Å². The number of anilines is 1. The van der Waals surface area contributed by atoms with Gasteiger partial charge in [0.1, 0.15) is 10.6 Å². The Morgan fingerprint density at radius 3 is 2.00 bits per heavy atom. The average Bonchev–Trinajstić information content (AvgIpc) is 2.59. The van der Waals surface area contributed by atoms with Crippen molar-refractivity contribution in [2.45, 2.75) is 9.79 Å². The fraction of sp³-hybridized carbons (Fsp3) is 0. The Balaban J connectivity index is 2.19.